The Bertz CT molecular complexity index is 460. The average molecular weight is 237 g/mol. The number of cyclic esters (lactones) is 1. The quantitative estimate of drug-likeness (QED) is 0.663. The Morgan fingerprint density at radius 1 is 1.41 bits per heavy atom. The molecule has 1 heterocycles. The fourth-order valence-electron chi connectivity index (χ4n) is 1.75. The lowest BCUT2D eigenvalue weighted by atomic mass is 9.94. The monoisotopic (exact) mass is 237 g/mol. The van der Waals surface area contributed by atoms with Gasteiger partial charge in [0.05, 0.1) is 5.69 Å². The number of carbonyl (C=O) groups is 1. The zero-order chi connectivity index (χ0) is 12.6. The van der Waals surface area contributed by atoms with E-state index in [0.717, 1.165) is 0 Å². The third-order valence-corrected chi connectivity index (χ3v) is 2.47. The summed E-state index contributed by atoms with van der Waals surface area (Å²) in [4.78, 5) is 11.3. The molecule has 6 nitrogen and oxygen atoms in total. The van der Waals surface area contributed by atoms with Crippen LogP contribution >= 0.6 is 0 Å². The van der Waals surface area contributed by atoms with Crippen molar-refractivity contribution < 1.29 is 24.2 Å². The molecule has 0 aromatic heterocycles. The summed E-state index contributed by atoms with van der Waals surface area (Å²) >= 11 is 0. The van der Waals surface area contributed by atoms with Gasteiger partial charge in [0.2, 0.25) is 0 Å². The number of hydrogen-bond acceptors (Lipinski definition) is 5. The molecule has 0 saturated carbocycles. The van der Waals surface area contributed by atoms with Crippen LogP contribution in [0.2, 0.25) is 0 Å². The topological polar surface area (TPSA) is 88.0 Å². The third kappa shape index (κ3) is 2.35. The van der Waals surface area contributed by atoms with E-state index >= 15 is 0 Å². The van der Waals surface area contributed by atoms with E-state index in [1.807, 2.05) is 0 Å². The Morgan fingerprint density at radius 2 is 2.12 bits per heavy atom. The second-order valence-electron chi connectivity index (χ2n) is 4.18. The Hall–Kier alpha value is -1.73. The molecule has 1 aromatic rings. The molecule has 17 heavy (non-hydrogen) atoms. The molecule has 2 rings (SSSR count). The Labute approximate surface area is 98.3 Å². The highest BCUT2D eigenvalue weighted by Gasteiger charge is 2.33. The summed E-state index contributed by atoms with van der Waals surface area (Å²) in [6.07, 6.45) is -0.515. The molecule has 1 amide bonds. The molecule has 0 atom stereocenters. The van der Waals surface area contributed by atoms with Crippen LogP contribution < -0.4 is 9.97 Å². The van der Waals surface area contributed by atoms with Crippen LogP contribution in [0.5, 0.6) is 5.75 Å². The van der Waals surface area contributed by atoms with Gasteiger partial charge in [-0.15, -0.1) is 0 Å². The Balaban J connectivity index is 2.40. The molecule has 3 N–H and O–H groups in total. The van der Waals surface area contributed by atoms with Gasteiger partial charge in [-0.05, 0) is 32.0 Å². The van der Waals surface area contributed by atoms with E-state index in [4.69, 9.17) is 19.4 Å². The molecule has 0 bridgehead atoms. The highest BCUT2D eigenvalue weighted by molar-refractivity contribution is 6.33. The lowest BCUT2D eigenvalue weighted by Crippen LogP contribution is -2.34. The normalized spacial score (nSPS) is 16.6. The van der Waals surface area contributed by atoms with Crippen molar-refractivity contribution in [2.24, 2.45) is 0 Å². The number of amides is 1. The van der Waals surface area contributed by atoms with Crippen molar-refractivity contribution in [3.8, 4) is 5.75 Å². The fraction of sp³-hybridized carbons (Fsp3) is 0.300. The minimum atomic E-state index is -1.88. The number of carbonyl (C=O) groups excluding carboxylic acids is 1. The molecule has 0 spiro atoms. The van der Waals surface area contributed by atoms with Gasteiger partial charge >= 0.3 is 13.4 Å². The standard InChI is InChI=1S/C10H12BNO5/c1-10(2)7-5-6(17-11(14)15)3-4-8(7)12-9(13)16-10/h3-5,14-15H,1-2H3,(H,12,13). The predicted octanol–water partition coefficient (Wildman–Crippen LogP) is 0.832. The highest BCUT2D eigenvalue weighted by Crippen LogP contribution is 2.37. The van der Waals surface area contributed by atoms with Crippen molar-refractivity contribution in [2.75, 3.05) is 5.32 Å². The number of ether oxygens (including phenoxy) is 1. The number of benzene rings is 1. The molecule has 0 unspecified atom stereocenters. The zero-order valence-corrected chi connectivity index (χ0v) is 9.43. The van der Waals surface area contributed by atoms with E-state index in [-0.39, 0.29) is 5.75 Å². The van der Waals surface area contributed by atoms with Crippen molar-refractivity contribution >= 4 is 19.1 Å². The van der Waals surface area contributed by atoms with Gasteiger partial charge in [-0.1, -0.05) is 0 Å². The minimum Gasteiger partial charge on any atom is -0.512 e. The van der Waals surface area contributed by atoms with Crippen LogP contribution in [-0.2, 0) is 10.3 Å². The van der Waals surface area contributed by atoms with Crippen LogP contribution in [0.3, 0.4) is 0 Å². The maximum Gasteiger partial charge on any atom is 0.707 e. The molecule has 0 saturated heterocycles. The van der Waals surface area contributed by atoms with Crippen molar-refractivity contribution in [1.82, 2.24) is 0 Å². The first-order valence-electron chi connectivity index (χ1n) is 5.06. The van der Waals surface area contributed by atoms with E-state index in [1.54, 1.807) is 26.0 Å². The van der Waals surface area contributed by atoms with Gasteiger partial charge in [-0.25, -0.2) is 4.79 Å². The first kappa shape index (κ1) is 11.8. The summed E-state index contributed by atoms with van der Waals surface area (Å²) in [6.45, 7) is 3.48. The average Bonchev–Trinajstić information content (AvgIpc) is 2.17. The third-order valence-electron chi connectivity index (χ3n) is 2.47. The Kier molecular flexibility index (Phi) is 2.72. The van der Waals surface area contributed by atoms with Gasteiger partial charge < -0.3 is 19.4 Å². The molecular formula is C10H12BNO5. The van der Waals surface area contributed by atoms with Crippen LogP contribution in [0.4, 0.5) is 10.5 Å². The SMILES string of the molecule is CC1(C)OC(=O)Nc2ccc(OB(O)O)cc21. The van der Waals surface area contributed by atoms with E-state index in [9.17, 15) is 4.79 Å². The molecule has 1 aliphatic heterocycles. The largest absolute Gasteiger partial charge is 0.707 e. The van der Waals surface area contributed by atoms with Crippen LogP contribution in [-0.4, -0.2) is 23.5 Å². The first-order valence-corrected chi connectivity index (χ1v) is 5.06. The van der Waals surface area contributed by atoms with Gasteiger partial charge in [0.25, 0.3) is 0 Å². The van der Waals surface area contributed by atoms with Gasteiger partial charge in [0, 0.05) is 5.56 Å². The van der Waals surface area contributed by atoms with Crippen molar-refractivity contribution in [3.63, 3.8) is 0 Å². The predicted molar refractivity (Wildman–Crippen MR) is 60.4 cm³/mol. The molecule has 0 radical (unpaired) electrons. The maximum atomic E-state index is 11.3. The van der Waals surface area contributed by atoms with Crippen LogP contribution in [0, 0.1) is 0 Å². The lowest BCUT2D eigenvalue weighted by Gasteiger charge is -2.32. The number of nitrogens with one attached hydrogen (secondary N) is 1. The molecule has 0 aliphatic carbocycles. The number of rotatable bonds is 2. The maximum absolute atomic E-state index is 11.3. The summed E-state index contributed by atoms with van der Waals surface area (Å²) in [6, 6.07) is 4.74. The van der Waals surface area contributed by atoms with Crippen molar-refractivity contribution in [3.05, 3.63) is 23.8 Å². The van der Waals surface area contributed by atoms with E-state index in [1.165, 1.54) is 6.07 Å². The highest BCUT2D eigenvalue weighted by atomic mass is 16.6. The minimum absolute atomic E-state index is 0.284. The van der Waals surface area contributed by atoms with Crippen molar-refractivity contribution in [1.29, 1.82) is 0 Å². The molecule has 0 fully saturated rings. The van der Waals surface area contributed by atoms with Crippen LogP contribution in [0.15, 0.2) is 18.2 Å². The molecular weight excluding hydrogens is 225 g/mol. The molecule has 90 valence electrons. The second kappa shape index (κ2) is 3.94. The second-order valence-corrected chi connectivity index (χ2v) is 4.18. The van der Waals surface area contributed by atoms with E-state index in [0.29, 0.717) is 11.3 Å². The van der Waals surface area contributed by atoms with Gasteiger partial charge in [-0.2, -0.15) is 0 Å². The van der Waals surface area contributed by atoms with Gasteiger partial charge in [0.1, 0.15) is 11.4 Å². The summed E-state index contributed by atoms with van der Waals surface area (Å²) in [7, 11) is -1.88. The lowest BCUT2D eigenvalue weighted by molar-refractivity contribution is 0.0418. The summed E-state index contributed by atoms with van der Waals surface area (Å²) in [5.41, 5.74) is 0.526. The molecule has 7 heteroatoms. The number of anilines is 1. The van der Waals surface area contributed by atoms with Crippen molar-refractivity contribution in [2.45, 2.75) is 19.4 Å². The Morgan fingerprint density at radius 3 is 2.76 bits per heavy atom. The molecule has 1 aromatic carbocycles. The van der Waals surface area contributed by atoms with Crippen LogP contribution in [0.1, 0.15) is 19.4 Å². The summed E-state index contributed by atoms with van der Waals surface area (Å²) in [5.74, 6) is 0.284. The zero-order valence-electron chi connectivity index (χ0n) is 9.43. The van der Waals surface area contributed by atoms with Crippen LogP contribution in [0.25, 0.3) is 0 Å². The first-order chi connectivity index (χ1) is 7.88. The fourth-order valence-corrected chi connectivity index (χ4v) is 1.75. The number of hydrogen-bond donors (Lipinski definition) is 3. The molecule has 1 aliphatic rings. The summed E-state index contributed by atoms with van der Waals surface area (Å²) in [5, 5.41) is 20.0. The van der Waals surface area contributed by atoms with E-state index in [2.05, 4.69) is 5.32 Å². The summed E-state index contributed by atoms with van der Waals surface area (Å²) < 4.78 is 9.87. The van der Waals surface area contributed by atoms with Gasteiger partial charge in [-0.3, -0.25) is 5.32 Å². The van der Waals surface area contributed by atoms with Gasteiger partial charge in [0.15, 0.2) is 0 Å². The smallest absolute Gasteiger partial charge is 0.512 e. The van der Waals surface area contributed by atoms with E-state index < -0.39 is 19.0 Å². The number of fused-ring (bicyclic) bond motifs is 1.